The number of benzene rings is 2. The maximum atomic E-state index is 13.4. The number of alkyl halides is 3. The minimum atomic E-state index is -1.99. The van der Waals surface area contributed by atoms with Gasteiger partial charge in [0.05, 0.1) is 12.6 Å². The topological polar surface area (TPSA) is 45.6 Å². The summed E-state index contributed by atoms with van der Waals surface area (Å²) in [6.45, 7) is 1.66. The maximum absolute atomic E-state index is 13.4. The number of nitrogens with zero attached hydrogens (tertiary/aromatic N) is 1. The van der Waals surface area contributed by atoms with E-state index in [-0.39, 0.29) is 5.82 Å². The Kier molecular flexibility index (Phi) is 6.61. The van der Waals surface area contributed by atoms with Crippen LogP contribution in [0.15, 0.2) is 54.6 Å². The fourth-order valence-electron chi connectivity index (χ4n) is 2.99. The first-order valence-corrected chi connectivity index (χ1v) is 9.45. The highest BCUT2D eigenvalue weighted by Gasteiger charge is 2.39. The molecule has 0 radical (unpaired) electrons. The van der Waals surface area contributed by atoms with Gasteiger partial charge in [0.15, 0.2) is 0 Å². The van der Waals surface area contributed by atoms with Crippen molar-refractivity contribution >= 4 is 40.7 Å². The van der Waals surface area contributed by atoms with Gasteiger partial charge in [-0.05, 0) is 23.3 Å². The third-order valence-electron chi connectivity index (χ3n) is 4.24. The Hall–Kier alpha value is -1.37. The van der Waals surface area contributed by atoms with E-state index in [2.05, 4.69) is 4.90 Å². The predicted octanol–water partition coefficient (Wildman–Crippen LogP) is 5.09. The largest absolute Gasteiger partial charge is 0.446 e. The highest BCUT2D eigenvalue weighted by Crippen LogP contribution is 2.35. The van der Waals surface area contributed by atoms with Gasteiger partial charge in [0.2, 0.25) is 12.2 Å². The number of ether oxygens (including phenoxy) is 2. The van der Waals surface area contributed by atoms with Crippen LogP contribution in [0.1, 0.15) is 17.2 Å². The zero-order chi connectivity index (χ0) is 19.4. The molecule has 1 heterocycles. The molecule has 2 aromatic carbocycles. The normalized spacial score (nSPS) is 21.0. The summed E-state index contributed by atoms with van der Waals surface area (Å²) in [7, 11) is 0. The molecule has 2 aromatic rings. The van der Waals surface area contributed by atoms with E-state index in [0.29, 0.717) is 19.7 Å². The number of hydrogen-bond acceptors (Lipinski definition) is 4. The minimum Gasteiger partial charge on any atom is -0.446 e. The smallest absolute Gasteiger partial charge is 0.265 e. The second-order valence-electron chi connectivity index (χ2n) is 6.14. The van der Waals surface area contributed by atoms with Gasteiger partial charge < -0.3 is 9.47 Å². The lowest BCUT2D eigenvalue weighted by molar-refractivity contribution is -0.176. The van der Waals surface area contributed by atoms with E-state index >= 15 is 0 Å². The Morgan fingerprint density at radius 1 is 1.15 bits per heavy atom. The lowest BCUT2D eigenvalue weighted by Crippen LogP contribution is -2.47. The molecule has 0 aliphatic carbocycles. The second kappa shape index (κ2) is 8.76. The molecule has 1 aliphatic rings. The quantitative estimate of drug-likeness (QED) is 0.417. The first-order valence-electron chi connectivity index (χ1n) is 8.32. The molecule has 8 heteroatoms. The molecule has 1 saturated heterocycles. The van der Waals surface area contributed by atoms with Gasteiger partial charge in [-0.15, -0.1) is 0 Å². The van der Waals surface area contributed by atoms with Gasteiger partial charge in [-0.25, -0.2) is 4.39 Å². The van der Waals surface area contributed by atoms with Crippen molar-refractivity contribution in [3.05, 3.63) is 71.5 Å². The van der Waals surface area contributed by atoms with Gasteiger partial charge in [-0.2, -0.15) is 0 Å². The Morgan fingerprint density at radius 2 is 1.81 bits per heavy atom. The summed E-state index contributed by atoms with van der Waals surface area (Å²) in [5.74, 6) is -0.859. The predicted molar refractivity (Wildman–Crippen MR) is 105 cm³/mol. The zero-order valence-corrected chi connectivity index (χ0v) is 16.5. The highest BCUT2D eigenvalue weighted by atomic mass is 35.6. The van der Waals surface area contributed by atoms with E-state index < -0.39 is 22.0 Å². The molecular weight excluding hydrogens is 414 g/mol. The second-order valence-corrected chi connectivity index (χ2v) is 8.42. The first kappa shape index (κ1) is 20.4. The number of halogens is 4. The standard InChI is InChI=1S/C19H18Cl3FN2O2/c20-19(21,22)18(24)27-17-16(14-6-8-15(23)9-7-14)25(10-11-26-17)12-13-4-2-1-3-5-13/h1-9,16-17,24H,10-12H2/t16-,17-/m0/s1. The average Bonchev–Trinajstić information content (AvgIpc) is 2.63. The lowest BCUT2D eigenvalue weighted by Gasteiger charge is -2.41. The Morgan fingerprint density at radius 3 is 2.44 bits per heavy atom. The molecule has 1 fully saturated rings. The van der Waals surface area contributed by atoms with Crippen LogP contribution >= 0.6 is 34.8 Å². The molecular formula is C19H18Cl3FN2O2. The number of rotatable bonds is 4. The molecule has 0 bridgehead atoms. The van der Waals surface area contributed by atoms with Crippen LogP contribution in [0.3, 0.4) is 0 Å². The SMILES string of the molecule is N=C(O[C@@H]1OCCN(Cc2ccccc2)[C@H]1c1ccc(F)cc1)C(Cl)(Cl)Cl. The van der Waals surface area contributed by atoms with Crippen molar-refractivity contribution in [3.8, 4) is 0 Å². The van der Waals surface area contributed by atoms with Crippen molar-refractivity contribution in [2.45, 2.75) is 22.7 Å². The fourth-order valence-corrected chi connectivity index (χ4v) is 3.13. The van der Waals surface area contributed by atoms with Gasteiger partial charge in [-0.3, -0.25) is 10.3 Å². The van der Waals surface area contributed by atoms with Gasteiger partial charge >= 0.3 is 0 Å². The molecule has 0 saturated carbocycles. The minimum absolute atomic E-state index is 0.336. The van der Waals surface area contributed by atoms with Gasteiger partial charge in [-0.1, -0.05) is 77.3 Å². The van der Waals surface area contributed by atoms with E-state index in [1.54, 1.807) is 12.1 Å². The van der Waals surface area contributed by atoms with E-state index in [4.69, 9.17) is 49.7 Å². The maximum Gasteiger partial charge on any atom is 0.265 e. The van der Waals surface area contributed by atoms with Crippen LogP contribution in [0.4, 0.5) is 4.39 Å². The average molecular weight is 432 g/mol. The molecule has 4 nitrogen and oxygen atoms in total. The van der Waals surface area contributed by atoms with Crippen LogP contribution in [-0.4, -0.2) is 34.0 Å². The van der Waals surface area contributed by atoms with Crippen molar-refractivity contribution in [2.24, 2.45) is 0 Å². The molecule has 0 spiro atoms. The van der Waals surface area contributed by atoms with Crippen molar-refractivity contribution in [1.29, 1.82) is 5.41 Å². The van der Waals surface area contributed by atoms with Crippen LogP contribution in [0.5, 0.6) is 0 Å². The van der Waals surface area contributed by atoms with Gasteiger partial charge in [0.1, 0.15) is 5.82 Å². The third kappa shape index (κ3) is 5.33. The number of morpholine rings is 1. The van der Waals surface area contributed by atoms with Crippen LogP contribution < -0.4 is 0 Å². The summed E-state index contributed by atoms with van der Waals surface area (Å²) in [6.07, 6.45) is -0.865. The molecule has 0 aromatic heterocycles. The number of hydrogen-bond donors (Lipinski definition) is 1. The van der Waals surface area contributed by atoms with Gasteiger partial charge in [0, 0.05) is 13.1 Å². The monoisotopic (exact) mass is 430 g/mol. The summed E-state index contributed by atoms with van der Waals surface area (Å²) in [6, 6.07) is 15.6. The lowest BCUT2D eigenvalue weighted by atomic mass is 10.0. The third-order valence-corrected chi connectivity index (χ3v) is 4.76. The van der Waals surface area contributed by atoms with Crippen LogP contribution in [0.2, 0.25) is 0 Å². The summed E-state index contributed by atoms with van der Waals surface area (Å²) >= 11 is 17.2. The van der Waals surface area contributed by atoms with Crippen molar-refractivity contribution in [3.63, 3.8) is 0 Å². The molecule has 3 rings (SSSR count). The molecule has 27 heavy (non-hydrogen) atoms. The van der Waals surface area contributed by atoms with Crippen molar-refractivity contribution in [2.75, 3.05) is 13.2 Å². The first-order chi connectivity index (χ1) is 12.8. The zero-order valence-electron chi connectivity index (χ0n) is 14.2. The highest BCUT2D eigenvalue weighted by molar-refractivity contribution is 6.76. The summed E-state index contributed by atoms with van der Waals surface area (Å²) < 4.78 is 22.7. The van der Waals surface area contributed by atoms with E-state index in [9.17, 15) is 4.39 Å². The van der Waals surface area contributed by atoms with Crippen LogP contribution in [0.25, 0.3) is 0 Å². The van der Waals surface area contributed by atoms with Crippen molar-refractivity contribution in [1.82, 2.24) is 4.90 Å². The number of nitrogens with one attached hydrogen (secondary N) is 1. The van der Waals surface area contributed by atoms with Crippen molar-refractivity contribution < 1.29 is 13.9 Å². The van der Waals surface area contributed by atoms with Crippen LogP contribution in [-0.2, 0) is 16.0 Å². The molecule has 0 amide bonds. The van der Waals surface area contributed by atoms with E-state index in [0.717, 1.165) is 11.1 Å². The molecule has 1 aliphatic heterocycles. The van der Waals surface area contributed by atoms with Gasteiger partial charge in [0.25, 0.3) is 3.79 Å². The Bertz CT molecular complexity index is 769. The molecule has 0 unspecified atom stereocenters. The summed E-state index contributed by atoms with van der Waals surface area (Å²) in [5, 5.41) is 7.87. The fraction of sp³-hybridized carbons (Fsp3) is 0.316. The summed E-state index contributed by atoms with van der Waals surface area (Å²) in [4.78, 5) is 2.14. The molecule has 144 valence electrons. The van der Waals surface area contributed by atoms with E-state index in [1.807, 2.05) is 30.3 Å². The Balaban J connectivity index is 1.89. The van der Waals surface area contributed by atoms with Crippen LogP contribution in [0, 0.1) is 11.2 Å². The van der Waals surface area contributed by atoms with E-state index in [1.165, 1.54) is 12.1 Å². The Labute approximate surface area is 172 Å². The molecule has 1 N–H and O–H groups in total. The summed E-state index contributed by atoms with van der Waals surface area (Å²) in [5.41, 5.74) is 1.90. The molecule has 2 atom stereocenters.